The number of anilines is 1. The van der Waals surface area contributed by atoms with Crippen LogP contribution in [0.1, 0.15) is 0 Å². The highest BCUT2D eigenvalue weighted by Gasteiger charge is 2.32. The maximum absolute atomic E-state index is 13.8. The van der Waals surface area contributed by atoms with E-state index in [1.165, 1.54) is 6.33 Å². The van der Waals surface area contributed by atoms with Crippen LogP contribution in [-0.4, -0.2) is 71.2 Å². The lowest BCUT2D eigenvalue weighted by Gasteiger charge is -2.36. The van der Waals surface area contributed by atoms with Crippen molar-refractivity contribution in [2.75, 3.05) is 49.2 Å². The molecule has 1 aromatic heterocycles. The molecule has 3 heterocycles. The van der Waals surface area contributed by atoms with Crippen LogP contribution >= 0.6 is 11.8 Å². The first-order valence-corrected chi connectivity index (χ1v) is 8.10. The second kappa shape index (κ2) is 6.57. The van der Waals surface area contributed by atoms with Crippen molar-refractivity contribution in [1.82, 2.24) is 14.9 Å². The van der Waals surface area contributed by atoms with Crippen molar-refractivity contribution in [2.24, 2.45) is 0 Å². The number of thioether (sulfide) groups is 1. The van der Waals surface area contributed by atoms with Crippen molar-refractivity contribution in [3.05, 3.63) is 18.3 Å². The van der Waals surface area contributed by atoms with Gasteiger partial charge in [-0.05, 0) is 0 Å². The SMILES string of the molecule is O=C(C1CN(c2ncncc2F)CCO1)N1CCSCC1. The summed E-state index contributed by atoms with van der Waals surface area (Å²) in [7, 11) is 0. The summed E-state index contributed by atoms with van der Waals surface area (Å²) in [5.74, 6) is 1.68. The largest absolute Gasteiger partial charge is 0.365 e. The van der Waals surface area contributed by atoms with Gasteiger partial charge in [0.2, 0.25) is 0 Å². The van der Waals surface area contributed by atoms with Gasteiger partial charge in [-0.2, -0.15) is 11.8 Å². The molecule has 0 spiro atoms. The van der Waals surface area contributed by atoms with E-state index in [0.717, 1.165) is 30.8 Å². The number of carbonyl (C=O) groups is 1. The highest BCUT2D eigenvalue weighted by Crippen LogP contribution is 2.19. The Balaban J connectivity index is 1.68. The summed E-state index contributed by atoms with van der Waals surface area (Å²) >= 11 is 1.85. The van der Waals surface area contributed by atoms with E-state index < -0.39 is 11.9 Å². The van der Waals surface area contributed by atoms with E-state index in [1.54, 1.807) is 4.90 Å². The minimum absolute atomic E-state index is 0.00513. The third-order valence-corrected chi connectivity index (χ3v) is 4.55. The first-order valence-electron chi connectivity index (χ1n) is 6.94. The Kier molecular flexibility index (Phi) is 4.54. The highest BCUT2D eigenvalue weighted by molar-refractivity contribution is 7.99. The summed E-state index contributed by atoms with van der Waals surface area (Å²) in [6.07, 6.45) is 1.90. The van der Waals surface area contributed by atoms with Gasteiger partial charge in [-0.3, -0.25) is 4.79 Å². The fourth-order valence-corrected chi connectivity index (χ4v) is 3.42. The zero-order chi connectivity index (χ0) is 14.7. The molecule has 1 aromatic rings. The second-order valence-electron chi connectivity index (χ2n) is 4.94. The average molecular weight is 312 g/mol. The van der Waals surface area contributed by atoms with E-state index in [9.17, 15) is 9.18 Å². The lowest BCUT2D eigenvalue weighted by Crippen LogP contribution is -2.53. The molecule has 1 amide bonds. The molecule has 0 radical (unpaired) electrons. The van der Waals surface area contributed by atoms with Crippen molar-refractivity contribution in [2.45, 2.75) is 6.10 Å². The van der Waals surface area contributed by atoms with Gasteiger partial charge in [-0.1, -0.05) is 0 Å². The van der Waals surface area contributed by atoms with Crippen molar-refractivity contribution >= 4 is 23.5 Å². The van der Waals surface area contributed by atoms with Crippen molar-refractivity contribution < 1.29 is 13.9 Å². The smallest absolute Gasteiger partial charge is 0.253 e. The maximum Gasteiger partial charge on any atom is 0.253 e. The number of hydrogen-bond donors (Lipinski definition) is 0. The van der Waals surface area contributed by atoms with Crippen molar-refractivity contribution in [3.63, 3.8) is 0 Å². The Morgan fingerprint density at radius 1 is 1.38 bits per heavy atom. The fraction of sp³-hybridized carbons (Fsp3) is 0.615. The first kappa shape index (κ1) is 14.5. The minimum atomic E-state index is -0.545. The first-order chi connectivity index (χ1) is 10.3. The standard InChI is InChI=1S/C13H17FN4O2S/c14-10-7-15-9-16-12(10)18-1-4-20-11(8-18)13(19)17-2-5-21-6-3-17/h7,9,11H,1-6,8H2. The summed E-state index contributed by atoms with van der Waals surface area (Å²) in [6, 6.07) is 0. The van der Waals surface area contributed by atoms with E-state index in [0.29, 0.717) is 19.7 Å². The normalized spacial score (nSPS) is 23.2. The topological polar surface area (TPSA) is 58.6 Å². The number of rotatable bonds is 2. The van der Waals surface area contributed by atoms with Gasteiger partial charge in [0.05, 0.1) is 19.3 Å². The van der Waals surface area contributed by atoms with Crippen LogP contribution in [0.2, 0.25) is 0 Å². The van der Waals surface area contributed by atoms with Crippen LogP contribution < -0.4 is 4.90 Å². The Morgan fingerprint density at radius 2 is 2.19 bits per heavy atom. The summed E-state index contributed by atoms with van der Waals surface area (Å²) in [5, 5.41) is 0. The quantitative estimate of drug-likeness (QED) is 0.788. The number of morpholine rings is 1. The molecular formula is C13H17FN4O2S. The number of hydrogen-bond acceptors (Lipinski definition) is 6. The van der Waals surface area contributed by atoms with Crippen LogP contribution in [0, 0.1) is 5.82 Å². The molecule has 2 aliphatic heterocycles. The molecule has 114 valence electrons. The summed E-state index contributed by atoms with van der Waals surface area (Å²) in [4.78, 5) is 23.6. The molecule has 6 nitrogen and oxygen atoms in total. The summed E-state index contributed by atoms with van der Waals surface area (Å²) in [6.45, 7) is 2.75. The Morgan fingerprint density at radius 3 is 2.95 bits per heavy atom. The number of amides is 1. The number of nitrogens with zero attached hydrogens (tertiary/aromatic N) is 4. The van der Waals surface area contributed by atoms with Crippen molar-refractivity contribution in [3.8, 4) is 0 Å². The van der Waals surface area contributed by atoms with Gasteiger partial charge in [-0.25, -0.2) is 14.4 Å². The second-order valence-corrected chi connectivity index (χ2v) is 6.16. The minimum Gasteiger partial charge on any atom is -0.365 e. The predicted octanol–water partition coefficient (Wildman–Crippen LogP) is 0.396. The monoisotopic (exact) mass is 312 g/mol. The Hall–Kier alpha value is -1.41. The lowest BCUT2D eigenvalue weighted by molar-refractivity contribution is -0.144. The molecule has 0 saturated carbocycles. The zero-order valence-corrected chi connectivity index (χ0v) is 12.4. The molecule has 21 heavy (non-hydrogen) atoms. The molecule has 8 heteroatoms. The van der Waals surface area contributed by atoms with Gasteiger partial charge in [0, 0.05) is 31.1 Å². The predicted molar refractivity (Wildman–Crippen MR) is 77.8 cm³/mol. The molecule has 1 unspecified atom stereocenters. The van der Waals surface area contributed by atoms with E-state index in [2.05, 4.69) is 9.97 Å². The van der Waals surface area contributed by atoms with E-state index in [4.69, 9.17) is 4.74 Å². The number of halogens is 1. The highest BCUT2D eigenvalue weighted by atomic mass is 32.2. The van der Waals surface area contributed by atoms with Gasteiger partial charge in [0.15, 0.2) is 17.7 Å². The molecule has 0 aliphatic carbocycles. The van der Waals surface area contributed by atoms with E-state index >= 15 is 0 Å². The van der Waals surface area contributed by atoms with Gasteiger partial charge in [0.1, 0.15) is 6.33 Å². The lowest BCUT2D eigenvalue weighted by atomic mass is 10.2. The Labute approximate surface area is 126 Å². The number of ether oxygens (including phenoxy) is 1. The molecule has 3 rings (SSSR count). The third-order valence-electron chi connectivity index (χ3n) is 3.61. The van der Waals surface area contributed by atoms with E-state index in [1.807, 2.05) is 16.7 Å². The molecule has 0 N–H and O–H groups in total. The van der Waals surface area contributed by atoms with Crippen LogP contribution in [0.25, 0.3) is 0 Å². The van der Waals surface area contributed by atoms with Crippen LogP contribution in [0.15, 0.2) is 12.5 Å². The molecular weight excluding hydrogens is 295 g/mol. The number of carbonyl (C=O) groups excluding carboxylic acids is 1. The Bertz CT molecular complexity index is 513. The molecule has 1 atom stereocenters. The third kappa shape index (κ3) is 3.26. The van der Waals surface area contributed by atoms with Crippen LogP contribution in [-0.2, 0) is 9.53 Å². The molecule has 0 bridgehead atoms. The molecule has 2 fully saturated rings. The van der Waals surface area contributed by atoms with Crippen molar-refractivity contribution in [1.29, 1.82) is 0 Å². The maximum atomic E-state index is 13.8. The van der Waals surface area contributed by atoms with Gasteiger partial charge in [-0.15, -0.1) is 0 Å². The fourth-order valence-electron chi connectivity index (χ4n) is 2.52. The summed E-state index contributed by atoms with van der Waals surface area (Å²) < 4.78 is 19.3. The zero-order valence-electron chi connectivity index (χ0n) is 11.6. The average Bonchev–Trinajstić information content (AvgIpc) is 2.55. The summed E-state index contributed by atoms with van der Waals surface area (Å²) in [5.41, 5.74) is 0. The van der Waals surface area contributed by atoms with Crippen LogP contribution in [0.3, 0.4) is 0 Å². The molecule has 2 saturated heterocycles. The van der Waals surface area contributed by atoms with Gasteiger partial charge >= 0.3 is 0 Å². The van der Waals surface area contributed by atoms with Gasteiger partial charge < -0.3 is 14.5 Å². The van der Waals surface area contributed by atoms with E-state index in [-0.39, 0.29) is 11.7 Å². The molecule has 2 aliphatic rings. The van der Waals surface area contributed by atoms with Crippen LogP contribution in [0.4, 0.5) is 10.2 Å². The van der Waals surface area contributed by atoms with Gasteiger partial charge in [0.25, 0.3) is 5.91 Å². The number of aromatic nitrogens is 2. The van der Waals surface area contributed by atoms with Crippen LogP contribution in [0.5, 0.6) is 0 Å². The molecule has 0 aromatic carbocycles.